The molecule has 0 aliphatic rings. The molecule has 0 aliphatic carbocycles. The van der Waals surface area contributed by atoms with Crippen LogP contribution in [0.2, 0.25) is 0 Å². The summed E-state index contributed by atoms with van der Waals surface area (Å²) in [5.74, 6) is 0.601. The number of rotatable bonds is 3. The Kier molecular flexibility index (Phi) is 4.41. The fourth-order valence-electron chi connectivity index (χ4n) is 0.934. The second-order valence-corrected chi connectivity index (χ2v) is 4.32. The standard InChI is InChI=1S/C9H9BrCl2/c10-8-3-1-7(2-4-8)9(12)5-6-11/h1-4,9H,5-6H2/t9-/m0/s1. The molecule has 0 radical (unpaired) electrons. The number of alkyl halides is 2. The van der Waals surface area contributed by atoms with Gasteiger partial charge in [0.1, 0.15) is 0 Å². The van der Waals surface area contributed by atoms with E-state index in [0.29, 0.717) is 5.88 Å². The molecule has 1 atom stereocenters. The van der Waals surface area contributed by atoms with E-state index in [9.17, 15) is 0 Å². The van der Waals surface area contributed by atoms with Crippen molar-refractivity contribution in [2.45, 2.75) is 11.8 Å². The van der Waals surface area contributed by atoms with Crippen LogP contribution in [0.3, 0.4) is 0 Å². The van der Waals surface area contributed by atoms with Gasteiger partial charge in [0.15, 0.2) is 0 Å². The Morgan fingerprint density at radius 2 is 1.83 bits per heavy atom. The molecule has 1 aromatic carbocycles. The van der Waals surface area contributed by atoms with Crippen LogP contribution in [0.5, 0.6) is 0 Å². The summed E-state index contributed by atoms with van der Waals surface area (Å²) in [5, 5.41) is 0.0376. The number of benzene rings is 1. The van der Waals surface area contributed by atoms with Gasteiger partial charge in [-0.1, -0.05) is 28.1 Å². The summed E-state index contributed by atoms with van der Waals surface area (Å²) in [6, 6.07) is 7.99. The van der Waals surface area contributed by atoms with E-state index in [1.165, 1.54) is 0 Å². The first-order valence-electron chi connectivity index (χ1n) is 3.69. The molecule has 0 unspecified atom stereocenters. The van der Waals surface area contributed by atoms with Crippen LogP contribution < -0.4 is 0 Å². The number of hydrogen-bond acceptors (Lipinski definition) is 0. The molecule has 0 spiro atoms. The van der Waals surface area contributed by atoms with Crippen molar-refractivity contribution < 1.29 is 0 Å². The van der Waals surface area contributed by atoms with Gasteiger partial charge in [0.05, 0.1) is 5.38 Å². The highest BCUT2D eigenvalue weighted by Crippen LogP contribution is 2.25. The minimum absolute atomic E-state index is 0.0376. The molecule has 0 saturated heterocycles. The average molecular weight is 268 g/mol. The van der Waals surface area contributed by atoms with Gasteiger partial charge in [-0.2, -0.15) is 0 Å². The van der Waals surface area contributed by atoms with E-state index >= 15 is 0 Å². The molecule has 0 bridgehead atoms. The van der Waals surface area contributed by atoms with Crippen LogP contribution in [0.1, 0.15) is 17.4 Å². The fourth-order valence-corrected chi connectivity index (χ4v) is 1.78. The predicted octanol–water partition coefficient (Wildman–Crippen LogP) is 4.36. The van der Waals surface area contributed by atoms with Gasteiger partial charge < -0.3 is 0 Å². The lowest BCUT2D eigenvalue weighted by atomic mass is 10.1. The minimum Gasteiger partial charge on any atom is -0.127 e. The Balaban J connectivity index is 2.68. The maximum Gasteiger partial charge on any atom is 0.0596 e. The summed E-state index contributed by atoms with van der Waals surface area (Å²) in [7, 11) is 0. The molecule has 0 fully saturated rings. The molecule has 0 amide bonds. The molecule has 1 rings (SSSR count). The minimum atomic E-state index is 0.0376. The lowest BCUT2D eigenvalue weighted by Gasteiger charge is -2.06. The van der Waals surface area contributed by atoms with Crippen molar-refractivity contribution in [2.24, 2.45) is 0 Å². The summed E-state index contributed by atoms with van der Waals surface area (Å²) < 4.78 is 1.07. The average Bonchev–Trinajstić information content (AvgIpc) is 2.06. The van der Waals surface area contributed by atoms with E-state index in [1.807, 2.05) is 24.3 Å². The first kappa shape index (κ1) is 10.4. The zero-order valence-corrected chi connectivity index (χ0v) is 9.53. The third-order valence-electron chi connectivity index (χ3n) is 1.59. The van der Waals surface area contributed by atoms with Crippen molar-refractivity contribution in [2.75, 3.05) is 5.88 Å². The molecule has 66 valence electrons. The van der Waals surface area contributed by atoms with Crippen LogP contribution in [0.25, 0.3) is 0 Å². The summed E-state index contributed by atoms with van der Waals surface area (Å²) in [6.07, 6.45) is 0.810. The van der Waals surface area contributed by atoms with Gasteiger partial charge in [0, 0.05) is 10.4 Å². The number of halogens is 3. The largest absolute Gasteiger partial charge is 0.127 e. The van der Waals surface area contributed by atoms with Crippen molar-refractivity contribution in [3.05, 3.63) is 34.3 Å². The van der Waals surface area contributed by atoms with Gasteiger partial charge in [-0.3, -0.25) is 0 Å². The van der Waals surface area contributed by atoms with Gasteiger partial charge in [-0.25, -0.2) is 0 Å². The quantitative estimate of drug-likeness (QED) is 0.714. The predicted molar refractivity (Wildman–Crippen MR) is 58.1 cm³/mol. The molecule has 0 aliphatic heterocycles. The van der Waals surface area contributed by atoms with Gasteiger partial charge in [-0.15, -0.1) is 23.2 Å². The van der Waals surface area contributed by atoms with E-state index in [4.69, 9.17) is 23.2 Å². The molecule has 0 nitrogen and oxygen atoms in total. The van der Waals surface area contributed by atoms with Crippen LogP contribution in [0.4, 0.5) is 0 Å². The smallest absolute Gasteiger partial charge is 0.0596 e. The highest BCUT2D eigenvalue weighted by molar-refractivity contribution is 9.10. The molecular formula is C9H9BrCl2. The Morgan fingerprint density at radius 1 is 1.25 bits per heavy atom. The van der Waals surface area contributed by atoms with Crippen LogP contribution in [0, 0.1) is 0 Å². The monoisotopic (exact) mass is 266 g/mol. The molecule has 3 heteroatoms. The molecule has 0 aromatic heterocycles. The molecule has 0 heterocycles. The van der Waals surface area contributed by atoms with E-state index in [0.717, 1.165) is 16.5 Å². The Morgan fingerprint density at radius 3 is 2.33 bits per heavy atom. The van der Waals surface area contributed by atoms with Crippen molar-refractivity contribution in [1.29, 1.82) is 0 Å². The van der Waals surface area contributed by atoms with E-state index in [1.54, 1.807) is 0 Å². The van der Waals surface area contributed by atoms with E-state index in [2.05, 4.69) is 15.9 Å². The zero-order valence-electron chi connectivity index (χ0n) is 6.43. The van der Waals surface area contributed by atoms with Crippen molar-refractivity contribution >= 4 is 39.1 Å². The van der Waals surface area contributed by atoms with Gasteiger partial charge in [0.25, 0.3) is 0 Å². The highest BCUT2D eigenvalue weighted by atomic mass is 79.9. The van der Waals surface area contributed by atoms with Crippen molar-refractivity contribution in [1.82, 2.24) is 0 Å². The maximum atomic E-state index is 6.06. The molecule has 0 saturated carbocycles. The van der Waals surface area contributed by atoms with E-state index < -0.39 is 0 Å². The zero-order chi connectivity index (χ0) is 8.97. The van der Waals surface area contributed by atoms with Gasteiger partial charge in [-0.05, 0) is 24.1 Å². The summed E-state index contributed by atoms with van der Waals surface area (Å²) in [5.41, 5.74) is 1.13. The second-order valence-electron chi connectivity index (χ2n) is 2.50. The lowest BCUT2D eigenvalue weighted by Crippen LogP contribution is -1.90. The topological polar surface area (TPSA) is 0 Å². The molecule has 12 heavy (non-hydrogen) atoms. The van der Waals surface area contributed by atoms with Crippen molar-refractivity contribution in [3.63, 3.8) is 0 Å². The van der Waals surface area contributed by atoms with Gasteiger partial charge >= 0.3 is 0 Å². The molecular weight excluding hydrogens is 259 g/mol. The maximum absolute atomic E-state index is 6.06. The summed E-state index contributed by atoms with van der Waals surface area (Å²) >= 11 is 15.0. The Hall–Kier alpha value is 0.280. The molecule has 1 aromatic rings. The third kappa shape index (κ3) is 2.96. The highest BCUT2D eigenvalue weighted by Gasteiger charge is 2.05. The molecule has 0 N–H and O–H groups in total. The first-order valence-corrected chi connectivity index (χ1v) is 5.46. The van der Waals surface area contributed by atoms with E-state index in [-0.39, 0.29) is 5.38 Å². The third-order valence-corrected chi connectivity index (χ3v) is 2.81. The first-order chi connectivity index (χ1) is 5.74. The Labute approximate surface area is 91.0 Å². The SMILES string of the molecule is ClCC[C@H](Cl)c1ccc(Br)cc1. The summed E-state index contributed by atoms with van der Waals surface area (Å²) in [6.45, 7) is 0. The second kappa shape index (κ2) is 5.11. The van der Waals surface area contributed by atoms with Crippen LogP contribution in [-0.2, 0) is 0 Å². The summed E-state index contributed by atoms with van der Waals surface area (Å²) in [4.78, 5) is 0. The van der Waals surface area contributed by atoms with Crippen LogP contribution in [0.15, 0.2) is 28.7 Å². The number of hydrogen-bond donors (Lipinski definition) is 0. The fraction of sp³-hybridized carbons (Fsp3) is 0.333. The van der Waals surface area contributed by atoms with Crippen LogP contribution in [-0.4, -0.2) is 5.88 Å². The van der Waals surface area contributed by atoms with Gasteiger partial charge in [0.2, 0.25) is 0 Å². The van der Waals surface area contributed by atoms with Crippen LogP contribution >= 0.6 is 39.1 Å². The van der Waals surface area contributed by atoms with Crippen molar-refractivity contribution in [3.8, 4) is 0 Å². The Bertz CT molecular complexity index is 233. The lowest BCUT2D eigenvalue weighted by molar-refractivity contribution is 0.890. The normalized spacial score (nSPS) is 12.9.